The standard InChI is InChI=1S/C10H9BrN2/c1-6-4-7-5-8(11)2-3-9(7)10(12)13-6/h2-5H,1H3,(H2,12,13). The molecule has 0 unspecified atom stereocenters. The molecule has 2 N–H and O–H groups in total. The molecule has 2 rings (SSSR count). The molecule has 1 aromatic carbocycles. The van der Waals surface area contributed by atoms with E-state index in [1.54, 1.807) is 0 Å². The Morgan fingerprint density at radius 3 is 2.85 bits per heavy atom. The van der Waals surface area contributed by atoms with Crippen molar-refractivity contribution in [3.63, 3.8) is 0 Å². The Kier molecular flexibility index (Phi) is 1.96. The number of nitrogens with zero attached hydrogens (tertiary/aromatic N) is 1. The second-order valence-electron chi connectivity index (χ2n) is 3.01. The number of aryl methyl sites for hydroxylation is 1. The molecule has 0 amide bonds. The quantitative estimate of drug-likeness (QED) is 0.765. The third-order valence-corrected chi connectivity index (χ3v) is 2.44. The van der Waals surface area contributed by atoms with Crippen molar-refractivity contribution in [2.45, 2.75) is 6.92 Å². The van der Waals surface area contributed by atoms with Crippen LogP contribution in [0.3, 0.4) is 0 Å². The molecule has 1 aromatic heterocycles. The van der Waals surface area contributed by atoms with Crippen molar-refractivity contribution in [3.8, 4) is 0 Å². The van der Waals surface area contributed by atoms with Crippen molar-refractivity contribution < 1.29 is 0 Å². The summed E-state index contributed by atoms with van der Waals surface area (Å²) in [6.07, 6.45) is 0. The number of pyridine rings is 1. The largest absolute Gasteiger partial charge is 0.383 e. The molecular formula is C10H9BrN2. The average molecular weight is 237 g/mol. The van der Waals surface area contributed by atoms with E-state index < -0.39 is 0 Å². The number of hydrogen-bond donors (Lipinski definition) is 1. The van der Waals surface area contributed by atoms with Crippen molar-refractivity contribution in [2.24, 2.45) is 0 Å². The van der Waals surface area contributed by atoms with Gasteiger partial charge in [0.2, 0.25) is 0 Å². The molecule has 1 heterocycles. The van der Waals surface area contributed by atoms with Crippen LogP contribution in [-0.4, -0.2) is 4.98 Å². The van der Waals surface area contributed by atoms with Crippen molar-refractivity contribution in [1.29, 1.82) is 0 Å². The number of benzene rings is 1. The van der Waals surface area contributed by atoms with E-state index in [4.69, 9.17) is 5.73 Å². The zero-order valence-corrected chi connectivity index (χ0v) is 8.80. The molecule has 0 saturated heterocycles. The van der Waals surface area contributed by atoms with E-state index in [0.717, 1.165) is 20.9 Å². The summed E-state index contributed by atoms with van der Waals surface area (Å²) in [5, 5.41) is 2.13. The minimum atomic E-state index is 0.600. The fourth-order valence-electron chi connectivity index (χ4n) is 1.39. The maximum Gasteiger partial charge on any atom is 0.131 e. The number of nitrogens with two attached hydrogens (primary N) is 1. The van der Waals surface area contributed by atoms with Gasteiger partial charge >= 0.3 is 0 Å². The summed E-state index contributed by atoms with van der Waals surface area (Å²) < 4.78 is 1.06. The molecule has 0 atom stereocenters. The highest BCUT2D eigenvalue weighted by molar-refractivity contribution is 9.10. The Balaban J connectivity index is 2.86. The normalized spacial score (nSPS) is 10.6. The van der Waals surface area contributed by atoms with Crippen LogP contribution in [0.25, 0.3) is 10.8 Å². The number of hydrogen-bond acceptors (Lipinski definition) is 2. The van der Waals surface area contributed by atoms with Gasteiger partial charge in [0.1, 0.15) is 5.82 Å². The van der Waals surface area contributed by atoms with Gasteiger partial charge in [0.05, 0.1) is 0 Å². The van der Waals surface area contributed by atoms with E-state index in [-0.39, 0.29) is 0 Å². The molecule has 0 fully saturated rings. The Hall–Kier alpha value is -1.09. The Morgan fingerprint density at radius 2 is 2.08 bits per heavy atom. The average Bonchev–Trinajstić information content (AvgIpc) is 2.02. The van der Waals surface area contributed by atoms with Crippen molar-refractivity contribution in [1.82, 2.24) is 4.98 Å². The van der Waals surface area contributed by atoms with Crippen molar-refractivity contribution >= 4 is 32.5 Å². The van der Waals surface area contributed by atoms with Crippen LogP contribution in [0, 0.1) is 6.92 Å². The molecule has 0 aliphatic rings. The van der Waals surface area contributed by atoms with Gasteiger partial charge in [-0.05, 0) is 36.6 Å². The zero-order chi connectivity index (χ0) is 9.42. The van der Waals surface area contributed by atoms with E-state index in [1.807, 2.05) is 31.2 Å². The van der Waals surface area contributed by atoms with Crippen LogP contribution >= 0.6 is 15.9 Å². The summed E-state index contributed by atoms with van der Waals surface area (Å²) in [4.78, 5) is 4.19. The van der Waals surface area contributed by atoms with Crippen LogP contribution < -0.4 is 5.73 Å². The molecule has 66 valence electrons. The molecule has 3 heteroatoms. The highest BCUT2D eigenvalue weighted by Crippen LogP contribution is 2.23. The maximum absolute atomic E-state index is 5.78. The Labute approximate surface area is 84.9 Å². The molecule has 2 nitrogen and oxygen atoms in total. The smallest absolute Gasteiger partial charge is 0.131 e. The SMILES string of the molecule is Cc1cc2cc(Br)ccc2c(N)n1. The molecule has 13 heavy (non-hydrogen) atoms. The number of fused-ring (bicyclic) bond motifs is 1. The molecule has 0 radical (unpaired) electrons. The number of aromatic nitrogens is 1. The summed E-state index contributed by atoms with van der Waals surface area (Å²) >= 11 is 3.42. The fraction of sp³-hybridized carbons (Fsp3) is 0.100. The fourth-order valence-corrected chi connectivity index (χ4v) is 1.77. The first-order valence-electron chi connectivity index (χ1n) is 3.99. The molecular weight excluding hydrogens is 228 g/mol. The number of halogens is 1. The van der Waals surface area contributed by atoms with E-state index in [9.17, 15) is 0 Å². The molecule has 2 aromatic rings. The van der Waals surface area contributed by atoms with Crippen LogP contribution in [-0.2, 0) is 0 Å². The second-order valence-corrected chi connectivity index (χ2v) is 3.93. The lowest BCUT2D eigenvalue weighted by atomic mass is 10.1. The zero-order valence-electron chi connectivity index (χ0n) is 7.21. The summed E-state index contributed by atoms with van der Waals surface area (Å²) in [6.45, 7) is 1.94. The topological polar surface area (TPSA) is 38.9 Å². The number of nitrogen functional groups attached to an aromatic ring is 1. The maximum atomic E-state index is 5.78. The van der Waals surface area contributed by atoms with Gasteiger partial charge in [-0.1, -0.05) is 15.9 Å². The molecule has 0 saturated carbocycles. The summed E-state index contributed by atoms with van der Waals surface area (Å²) in [5.74, 6) is 0.600. The lowest BCUT2D eigenvalue weighted by Gasteiger charge is -2.03. The highest BCUT2D eigenvalue weighted by Gasteiger charge is 2.00. The lowest BCUT2D eigenvalue weighted by Crippen LogP contribution is -1.93. The third kappa shape index (κ3) is 1.52. The van der Waals surface area contributed by atoms with Crippen molar-refractivity contribution in [3.05, 3.63) is 34.4 Å². The van der Waals surface area contributed by atoms with Gasteiger partial charge < -0.3 is 5.73 Å². The van der Waals surface area contributed by atoms with Crippen LogP contribution in [0.1, 0.15) is 5.69 Å². The van der Waals surface area contributed by atoms with Gasteiger partial charge in [0.15, 0.2) is 0 Å². The van der Waals surface area contributed by atoms with E-state index in [0.29, 0.717) is 5.82 Å². The first-order chi connectivity index (χ1) is 6.16. The first kappa shape index (κ1) is 8.51. The van der Waals surface area contributed by atoms with E-state index >= 15 is 0 Å². The van der Waals surface area contributed by atoms with Crippen LogP contribution in [0.15, 0.2) is 28.7 Å². The van der Waals surface area contributed by atoms with Gasteiger partial charge in [-0.3, -0.25) is 0 Å². The Morgan fingerprint density at radius 1 is 1.31 bits per heavy atom. The minimum Gasteiger partial charge on any atom is -0.383 e. The number of anilines is 1. The summed E-state index contributed by atoms with van der Waals surface area (Å²) in [7, 11) is 0. The van der Waals surface area contributed by atoms with Gasteiger partial charge in [-0.25, -0.2) is 4.98 Å². The molecule has 0 aliphatic carbocycles. The molecule has 0 aliphatic heterocycles. The third-order valence-electron chi connectivity index (χ3n) is 1.95. The first-order valence-corrected chi connectivity index (χ1v) is 4.78. The molecule has 0 bridgehead atoms. The second kappa shape index (κ2) is 3.00. The predicted molar refractivity (Wildman–Crippen MR) is 58.6 cm³/mol. The van der Waals surface area contributed by atoms with Gasteiger partial charge in [-0.15, -0.1) is 0 Å². The Bertz CT molecular complexity index is 460. The van der Waals surface area contributed by atoms with Crippen LogP contribution in [0.5, 0.6) is 0 Å². The van der Waals surface area contributed by atoms with Gasteiger partial charge in [0, 0.05) is 15.6 Å². The van der Waals surface area contributed by atoms with E-state index in [1.165, 1.54) is 0 Å². The van der Waals surface area contributed by atoms with Gasteiger partial charge in [0.25, 0.3) is 0 Å². The van der Waals surface area contributed by atoms with Crippen LogP contribution in [0.4, 0.5) is 5.82 Å². The van der Waals surface area contributed by atoms with Crippen molar-refractivity contribution in [2.75, 3.05) is 5.73 Å². The number of rotatable bonds is 0. The monoisotopic (exact) mass is 236 g/mol. The minimum absolute atomic E-state index is 0.600. The van der Waals surface area contributed by atoms with E-state index in [2.05, 4.69) is 20.9 Å². The summed E-state index contributed by atoms with van der Waals surface area (Å²) in [6, 6.07) is 8.01. The predicted octanol–water partition coefficient (Wildman–Crippen LogP) is 2.89. The molecule has 0 spiro atoms. The highest BCUT2D eigenvalue weighted by atomic mass is 79.9. The van der Waals surface area contributed by atoms with Gasteiger partial charge in [-0.2, -0.15) is 0 Å². The lowest BCUT2D eigenvalue weighted by molar-refractivity contribution is 1.23. The van der Waals surface area contributed by atoms with Crippen LogP contribution in [0.2, 0.25) is 0 Å². The summed E-state index contributed by atoms with van der Waals surface area (Å²) in [5.41, 5.74) is 6.73.